The first-order valence-electron chi connectivity index (χ1n) is 3.35. The molecule has 11 heavy (non-hydrogen) atoms. The Bertz CT molecular complexity index is 266. The Kier molecular flexibility index (Phi) is 1.73. The summed E-state index contributed by atoms with van der Waals surface area (Å²) in [7, 11) is 0. The van der Waals surface area contributed by atoms with Crippen molar-refractivity contribution < 1.29 is 4.52 Å². The molecule has 3 heteroatoms. The van der Waals surface area contributed by atoms with E-state index in [1.165, 1.54) is 5.56 Å². The zero-order valence-electron chi connectivity index (χ0n) is 5.86. The van der Waals surface area contributed by atoms with Crippen LogP contribution in [0.15, 0.2) is 33.7 Å². The predicted molar refractivity (Wildman–Crippen MR) is 43.6 cm³/mol. The van der Waals surface area contributed by atoms with Crippen LogP contribution in [0.5, 0.6) is 0 Å². The fourth-order valence-corrected chi connectivity index (χ4v) is 1.60. The smallest absolute Gasteiger partial charge is 0.124 e. The minimum absolute atomic E-state index is 0.875. The van der Waals surface area contributed by atoms with Crippen molar-refractivity contribution >= 4 is 11.3 Å². The summed E-state index contributed by atoms with van der Waals surface area (Å²) in [6.07, 6.45) is 2.47. The Balaban J connectivity index is 2.14. The topological polar surface area (TPSA) is 26.0 Å². The highest BCUT2D eigenvalue weighted by molar-refractivity contribution is 7.07. The Morgan fingerprint density at radius 2 is 2.45 bits per heavy atom. The number of nitrogens with zero attached hydrogens (tertiary/aromatic N) is 1. The second-order valence-electron chi connectivity index (χ2n) is 2.30. The second kappa shape index (κ2) is 2.88. The van der Waals surface area contributed by atoms with Crippen LogP contribution in [0.25, 0.3) is 0 Å². The molecule has 56 valence electrons. The summed E-state index contributed by atoms with van der Waals surface area (Å²) < 4.78 is 4.72. The molecule has 0 atom stereocenters. The number of rotatable bonds is 2. The summed E-state index contributed by atoms with van der Waals surface area (Å²) in [5.41, 5.74) is 2.28. The quantitative estimate of drug-likeness (QED) is 0.682. The minimum Gasteiger partial charge on any atom is -0.365 e. The maximum absolute atomic E-state index is 4.72. The lowest BCUT2D eigenvalue weighted by molar-refractivity contribution is 0.413. The molecule has 0 radical (unpaired) electrons. The Morgan fingerprint density at radius 3 is 3.09 bits per heavy atom. The molecule has 0 unspecified atom stereocenters. The molecule has 0 aliphatic heterocycles. The van der Waals surface area contributed by atoms with Crippen LogP contribution in [0.4, 0.5) is 0 Å². The van der Waals surface area contributed by atoms with E-state index in [-0.39, 0.29) is 0 Å². The summed E-state index contributed by atoms with van der Waals surface area (Å²) in [5.74, 6) is 0. The van der Waals surface area contributed by atoms with Crippen molar-refractivity contribution in [1.82, 2.24) is 5.16 Å². The van der Waals surface area contributed by atoms with Crippen molar-refractivity contribution in [2.24, 2.45) is 0 Å². The van der Waals surface area contributed by atoms with Crippen LogP contribution in [-0.2, 0) is 6.42 Å². The van der Waals surface area contributed by atoms with Gasteiger partial charge in [0.25, 0.3) is 0 Å². The molecule has 0 amide bonds. The highest BCUT2D eigenvalue weighted by Gasteiger charge is 1.97. The van der Waals surface area contributed by atoms with Crippen LogP contribution >= 0.6 is 11.3 Å². The first-order valence-corrected chi connectivity index (χ1v) is 4.30. The van der Waals surface area contributed by atoms with E-state index >= 15 is 0 Å². The van der Waals surface area contributed by atoms with Crippen LogP contribution in [0.2, 0.25) is 0 Å². The molecular formula is C8H7NOS. The van der Waals surface area contributed by atoms with Crippen molar-refractivity contribution in [2.75, 3.05) is 0 Å². The number of thiophene rings is 1. The zero-order chi connectivity index (χ0) is 7.52. The molecule has 0 fully saturated rings. The molecule has 2 nitrogen and oxygen atoms in total. The zero-order valence-corrected chi connectivity index (χ0v) is 6.67. The standard InChI is InChI=1S/C8H7NOS/c1-3-10-9-8(1)5-7-2-4-11-6-7/h1-4,6H,5H2. The maximum Gasteiger partial charge on any atom is 0.124 e. The largest absolute Gasteiger partial charge is 0.365 e. The molecule has 2 heterocycles. The lowest BCUT2D eigenvalue weighted by Crippen LogP contribution is -1.83. The van der Waals surface area contributed by atoms with Crippen molar-refractivity contribution in [3.05, 3.63) is 40.4 Å². The van der Waals surface area contributed by atoms with E-state index < -0.39 is 0 Å². The van der Waals surface area contributed by atoms with Gasteiger partial charge in [-0.05, 0) is 22.4 Å². The van der Waals surface area contributed by atoms with Crippen LogP contribution in [0, 0.1) is 0 Å². The van der Waals surface area contributed by atoms with Crippen molar-refractivity contribution in [2.45, 2.75) is 6.42 Å². The first kappa shape index (κ1) is 6.61. The van der Waals surface area contributed by atoms with Gasteiger partial charge in [0.15, 0.2) is 0 Å². The fraction of sp³-hybridized carbons (Fsp3) is 0.125. The van der Waals surface area contributed by atoms with Gasteiger partial charge in [-0.3, -0.25) is 0 Å². The average molecular weight is 165 g/mol. The number of hydrogen-bond acceptors (Lipinski definition) is 3. The average Bonchev–Trinajstić information content (AvgIpc) is 2.60. The molecule has 2 aromatic rings. The second-order valence-corrected chi connectivity index (χ2v) is 3.08. The maximum atomic E-state index is 4.72. The lowest BCUT2D eigenvalue weighted by Gasteiger charge is -1.87. The SMILES string of the molecule is c1cc(Cc2ccsc2)no1. The molecule has 0 N–H and O–H groups in total. The summed E-state index contributed by atoms with van der Waals surface area (Å²) in [6.45, 7) is 0. The molecule has 0 aromatic carbocycles. The van der Waals surface area contributed by atoms with Crippen LogP contribution in [-0.4, -0.2) is 5.16 Å². The third-order valence-electron chi connectivity index (χ3n) is 1.46. The first-order chi connectivity index (χ1) is 5.45. The molecule has 2 aromatic heterocycles. The van der Waals surface area contributed by atoms with E-state index in [4.69, 9.17) is 4.52 Å². The number of hydrogen-bond donors (Lipinski definition) is 0. The van der Waals surface area contributed by atoms with E-state index in [9.17, 15) is 0 Å². The van der Waals surface area contributed by atoms with Gasteiger partial charge in [-0.1, -0.05) is 5.16 Å². The van der Waals surface area contributed by atoms with Gasteiger partial charge in [0, 0.05) is 12.5 Å². The highest BCUT2D eigenvalue weighted by atomic mass is 32.1. The van der Waals surface area contributed by atoms with Gasteiger partial charge in [-0.25, -0.2) is 0 Å². The lowest BCUT2D eigenvalue weighted by atomic mass is 10.2. The molecule has 2 rings (SSSR count). The monoisotopic (exact) mass is 165 g/mol. The Labute approximate surface area is 68.5 Å². The van der Waals surface area contributed by atoms with Crippen molar-refractivity contribution in [3.63, 3.8) is 0 Å². The van der Waals surface area contributed by atoms with Gasteiger partial charge in [0.1, 0.15) is 6.26 Å². The van der Waals surface area contributed by atoms with Crippen molar-refractivity contribution in [1.29, 1.82) is 0 Å². The van der Waals surface area contributed by atoms with E-state index in [0.29, 0.717) is 0 Å². The van der Waals surface area contributed by atoms with E-state index in [0.717, 1.165) is 12.1 Å². The normalized spacial score (nSPS) is 10.2. The summed E-state index contributed by atoms with van der Waals surface area (Å²) in [4.78, 5) is 0. The molecule has 0 bridgehead atoms. The van der Waals surface area contributed by atoms with E-state index in [1.54, 1.807) is 17.6 Å². The summed E-state index contributed by atoms with van der Waals surface area (Å²) in [5, 5.41) is 8.01. The third kappa shape index (κ3) is 1.49. The van der Waals surface area contributed by atoms with E-state index in [1.807, 2.05) is 6.07 Å². The third-order valence-corrected chi connectivity index (χ3v) is 2.19. The molecular weight excluding hydrogens is 158 g/mol. The predicted octanol–water partition coefficient (Wildman–Crippen LogP) is 2.33. The van der Waals surface area contributed by atoms with Crippen molar-refractivity contribution in [3.8, 4) is 0 Å². The number of aromatic nitrogens is 1. The Hall–Kier alpha value is -1.09. The van der Waals surface area contributed by atoms with Gasteiger partial charge < -0.3 is 4.52 Å². The van der Waals surface area contributed by atoms with Crippen LogP contribution in [0.3, 0.4) is 0 Å². The van der Waals surface area contributed by atoms with Gasteiger partial charge >= 0.3 is 0 Å². The van der Waals surface area contributed by atoms with Gasteiger partial charge in [-0.2, -0.15) is 11.3 Å². The minimum atomic E-state index is 0.875. The van der Waals surface area contributed by atoms with E-state index in [2.05, 4.69) is 22.0 Å². The summed E-state index contributed by atoms with van der Waals surface area (Å²) >= 11 is 1.70. The fourth-order valence-electron chi connectivity index (χ4n) is 0.931. The van der Waals surface area contributed by atoms with Crippen LogP contribution < -0.4 is 0 Å². The molecule has 0 aliphatic rings. The Morgan fingerprint density at radius 1 is 1.45 bits per heavy atom. The molecule has 0 saturated carbocycles. The molecule has 0 aliphatic carbocycles. The molecule has 0 saturated heterocycles. The summed E-state index contributed by atoms with van der Waals surface area (Å²) in [6, 6.07) is 3.98. The molecule has 0 spiro atoms. The van der Waals surface area contributed by atoms with Gasteiger partial charge in [0.2, 0.25) is 0 Å². The van der Waals surface area contributed by atoms with Gasteiger partial charge in [0.05, 0.1) is 5.69 Å². The van der Waals surface area contributed by atoms with Crippen LogP contribution in [0.1, 0.15) is 11.3 Å². The van der Waals surface area contributed by atoms with Gasteiger partial charge in [-0.15, -0.1) is 0 Å². The highest BCUT2D eigenvalue weighted by Crippen LogP contribution is 2.10.